The summed E-state index contributed by atoms with van der Waals surface area (Å²) in [4.78, 5) is 28.2. The van der Waals surface area contributed by atoms with Crippen molar-refractivity contribution in [3.8, 4) is 0 Å². The van der Waals surface area contributed by atoms with Gasteiger partial charge in [-0.15, -0.1) is 0 Å². The Balaban J connectivity index is 1.95. The number of hydrogen-bond acceptors (Lipinski definition) is 6. The average Bonchev–Trinajstić information content (AvgIpc) is 2.66. The average molecular weight is 357 g/mol. The van der Waals surface area contributed by atoms with E-state index in [0.717, 1.165) is 6.42 Å². The van der Waals surface area contributed by atoms with Crippen molar-refractivity contribution in [3.63, 3.8) is 0 Å². The highest BCUT2D eigenvalue weighted by Gasteiger charge is 2.09. The molecule has 1 heterocycles. The molecule has 0 bridgehead atoms. The number of nitrogens with zero attached hydrogens (tertiary/aromatic N) is 1. The zero-order chi connectivity index (χ0) is 18.8. The second-order valence-electron chi connectivity index (χ2n) is 5.45. The number of carbonyl (C=O) groups is 2. The Morgan fingerprint density at radius 1 is 1.12 bits per heavy atom. The number of benzene rings is 1. The third-order valence-corrected chi connectivity index (χ3v) is 3.51. The minimum Gasteiger partial charge on any atom is -0.462 e. The lowest BCUT2D eigenvalue weighted by molar-refractivity contribution is 0.0526. The lowest BCUT2D eigenvalue weighted by atomic mass is 10.2. The fourth-order valence-corrected chi connectivity index (χ4v) is 2.21. The van der Waals surface area contributed by atoms with Crippen molar-refractivity contribution in [1.82, 2.24) is 4.98 Å². The molecule has 7 nitrogen and oxygen atoms in total. The number of ether oxygens (including phenoxy) is 2. The summed E-state index contributed by atoms with van der Waals surface area (Å²) >= 11 is 0. The van der Waals surface area contributed by atoms with Crippen LogP contribution in [0.5, 0.6) is 0 Å². The molecule has 2 aromatic rings. The molecule has 138 valence electrons. The van der Waals surface area contributed by atoms with E-state index in [9.17, 15) is 9.59 Å². The van der Waals surface area contributed by atoms with Gasteiger partial charge in [0.25, 0.3) is 5.91 Å². The standard InChI is InChI=1S/C19H23N3O4/c1-3-26-19(24)14-5-7-16(8-6-14)22-18(23)15-9-11-21-17(13-15)20-10-4-12-25-2/h5-9,11,13H,3-4,10,12H2,1-2H3,(H,20,21)(H,22,23). The van der Waals surface area contributed by atoms with Gasteiger partial charge in [0.15, 0.2) is 0 Å². The van der Waals surface area contributed by atoms with Gasteiger partial charge in [0, 0.05) is 37.7 Å². The largest absolute Gasteiger partial charge is 0.462 e. The maximum Gasteiger partial charge on any atom is 0.338 e. The molecule has 0 aliphatic rings. The van der Waals surface area contributed by atoms with Gasteiger partial charge in [0.1, 0.15) is 5.82 Å². The molecule has 1 aromatic carbocycles. The Bertz CT molecular complexity index is 732. The van der Waals surface area contributed by atoms with Crippen LogP contribution in [0.3, 0.4) is 0 Å². The van der Waals surface area contributed by atoms with Crippen LogP contribution in [0.2, 0.25) is 0 Å². The number of pyridine rings is 1. The van der Waals surface area contributed by atoms with E-state index >= 15 is 0 Å². The SMILES string of the molecule is CCOC(=O)c1ccc(NC(=O)c2ccnc(NCCCOC)c2)cc1. The van der Waals surface area contributed by atoms with Crippen LogP contribution in [0, 0.1) is 0 Å². The Hall–Kier alpha value is -2.93. The minimum absolute atomic E-state index is 0.253. The van der Waals surface area contributed by atoms with Crippen LogP contribution in [-0.4, -0.2) is 43.7 Å². The summed E-state index contributed by atoms with van der Waals surface area (Å²) in [6.07, 6.45) is 2.43. The van der Waals surface area contributed by atoms with Crippen molar-refractivity contribution in [2.24, 2.45) is 0 Å². The number of nitrogens with one attached hydrogen (secondary N) is 2. The lowest BCUT2D eigenvalue weighted by Gasteiger charge is -2.09. The molecule has 0 unspecified atom stereocenters. The lowest BCUT2D eigenvalue weighted by Crippen LogP contribution is -2.13. The van der Waals surface area contributed by atoms with E-state index in [-0.39, 0.29) is 11.9 Å². The number of amides is 1. The molecule has 0 fully saturated rings. The molecule has 2 rings (SSSR count). The molecule has 0 saturated carbocycles. The molecule has 0 spiro atoms. The van der Waals surface area contributed by atoms with Crippen LogP contribution in [0.15, 0.2) is 42.6 Å². The van der Waals surface area contributed by atoms with Gasteiger partial charge in [-0.2, -0.15) is 0 Å². The molecule has 0 atom stereocenters. The van der Waals surface area contributed by atoms with Crippen LogP contribution in [-0.2, 0) is 9.47 Å². The van der Waals surface area contributed by atoms with Crippen LogP contribution >= 0.6 is 0 Å². The fraction of sp³-hybridized carbons (Fsp3) is 0.316. The van der Waals surface area contributed by atoms with Crippen molar-refractivity contribution < 1.29 is 19.1 Å². The number of hydrogen-bond donors (Lipinski definition) is 2. The third kappa shape index (κ3) is 5.86. The zero-order valence-electron chi connectivity index (χ0n) is 15.0. The number of methoxy groups -OCH3 is 1. The van der Waals surface area contributed by atoms with E-state index < -0.39 is 0 Å². The predicted molar refractivity (Wildman–Crippen MR) is 99.6 cm³/mol. The molecular weight excluding hydrogens is 334 g/mol. The number of rotatable bonds is 9. The maximum absolute atomic E-state index is 12.4. The molecule has 26 heavy (non-hydrogen) atoms. The molecule has 0 aliphatic heterocycles. The molecule has 1 aromatic heterocycles. The molecule has 0 radical (unpaired) electrons. The van der Waals surface area contributed by atoms with Gasteiger partial charge in [-0.05, 0) is 49.7 Å². The quantitative estimate of drug-likeness (QED) is 0.530. The van der Waals surface area contributed by atoms with Gasteiger partial charge in [0.2, 0.25) is 0 Å². The van der Waals surface area contributed by atoms with Gasteiger partial charge >= 0.3 is 5.97 Å². The normalized spacial score (nSPS) is 10.2. The van der Waals surface area contributed by atoms with E-state index in [4.69, 9.17) is 9.47 Å². The molecule has 0 saturated heterocycles. The van der Waals surface area contributed by atoms with Crippen LogP contribution < -0.4 is 10.6 Å². The van der Waals surface area contributed by atoms with Gasteiger partial charge in [-0.3, -0.25) is 4.79 Å². The van der Waals surface area contributed by atoms with Crippen LogP contribution in [0.4, 0.5) is 11.5 Å². The van der Waals surface area contributed by atoms with E-state index in [1.165, 1.54) is 0 Å². The van der Waals surface area contributed by atoms with E-state index in [1.54, 1.807) is 56.6 Å². The van der Waals surface area contributed by atoms with E-state index in [2.05, 4.69) is 15.6 Å². The number of aromatic nitrogens is 1. The number of anilines is 2. The Kier molecular flexibility index (Phi) is 7.57. The first-order valence-electron chi connectivity index (χ1n) is 8.41. The van der Waals surface area contributed by atoms with Crippen LogP contribution in [0.1, 0.15) is 34.1 Å². The van der Waals surface area contributed by atoms with Gasteiger partial charge < -0.3 is 20.1 Å². The first-order valence-corrected chi connectivity index (χ1v) is 8.41. The highest BCUT2D eigenvalue weighted by atomic mass is 16.5. The topological polar surface area (TPSA) is 89.5 Å². The van der Waals surface area contributed by atoms with Gasteiger partial charge in [0.05, 0.1) is 12.2 Å². The molecule has 1 amide bonds. The number of carbonyl (C=O) groups excluding carboxylic acids is 2. The van der Waals surface area contributed by atoms with E-state index in [0.29, 0.717) is 42.4 Å². The van der Waals surface area contributed by atoms with Crippen molar-refractivity contribution in [2.75, 3.05) is 37.5 Å². The summed E-state index contributed by atoms with van der Waals surface area (Å²) in [6.45, 7) is 3.44. The second kappa shape index (κ2) is 10.1. The smallest absolute Gasteiger partial charge is 0.338 e. The van der Waals surface area contributed by atoms with Crippen molar-refractivity contribution in [1.29, 1.82) is 0 Å². The summed E-state index contributed by atoms with van der Waals surface area (Å²) in [5, 5.41) is 5.94. The maximum atomic E-state index is 12.4. The summed E-state index contributed by atoms with van der Waals surface area (Å²) in [5.41, 5.74) is 1.52. The molecule has 2 N–H and O–H groups in total. The summed E-state index contributed by atoms with van der Waals surface area (Å²) in [7, 11) is 1.66. The van der Waals surface area contributed by atoms with Gasteiger partial charge in [-0.1, -0.05) is 0 Å². The molecule has 0 aliphatic carbocycles. The number of esters is 1. The van der Waals surface area contributed by atoms with Crippen molar-refractivity contribution in [3.05, 3.63) is 53.7 Å². The Morgan fingerprint density at radius 3 is 2.58 bits per heavy atom. The van der Waals surface area contributed by atoms with Crippen molar-refractivity contribution >= 4 is 23.4 Å². The second-order valence-corrected chi connectivity index (χ2v) is 5.45. The summed E-state index contributed by atoms with van der Waals surface area (Å²) < 4.78 is 9.92. The first kappa shape index (κ1) is 19.4. The summed E-state index contributed by atoms with van der Waals surface area (Å²) in [5.74, 6) is -0.00802. The summed E-state index contributed by atoms with van der Waals surface area (Å²) in [6, 6.07) is 9.88. The highest BCUT2D eigenvalue weighted by molar-refractivity contribution is 6.04. The minimum atomic E-state index is -0.385. The van der Waals surface area contributed by atoms with E-state index in [1.807, 2.05) is 0 Å². The van der Waals surface area contributed by atoms with Crippen LogP contribution in [0.25, 0.3) is 0 Å². The molecule has 7 heteroatoms. The Labute approximate surface area is 152 Å². The molecular formula is C19H23N3O4. The third-order valence-electron chi connectivity index (χ3n) is 3.51. The van der Waals surface area contributed by atoms with Crippen molar-refractivity contribution in [2.45, 2.75) is 13.3 Å². The zero-order valence-corrected chi connectivity index (χ0v) is 15.0. The first-order chi connectivity index (χ1) is 12.6. The highest BCUT2D eigenvalue weighted by Crippen LogP contribution is 2.13. The fourth-order valence-electron chi connectivity index (χ4n) is 2.21. The van der Waals surface area contributed by atoms with Gasteiger partial charge in [-0.25, -0.2) is 9.78 Å². The monoisotopic (exact) mass is 357 g/mol. The predicted octanol–water partition coefficient (Wildman–Crippen LogP) is 2.96. The Morgan fingerprint density at radius 2 is 1.88 bits per heavy atom.